The SMILES string of the molecule is CCCCN(C(C)=O)C1OCC(OC2OCC(O)C(O[C@@H]3O[C@@H](CO)[C@@H](O)C3O)C2O)C(O)C1O. The second-order valence-corrected chi connectivity index (χ2v) is 9.01. The third-order valence-electron chi connectivity index (χ3n) is 6.44. The summed E-state index contributed by atoms with van der Waals surface area (Å²) < 4.78 is 27.3. The number of ether oxygens (including phenoxy) is 5. The third kappa shape index (κ3) is 6.29. The highest BCUT2D eigenvalue weighted by Gasteiger charge is 2.50. The number of nitrogens with zero attached hydrogens (tertiary/aromatic N) is 1. The first-order valence-electron chi connectivity index (χ1n) is 11.8. The van der Waals surface area contributed by atoms with E-state index in [0.29, 0.717) is 13.0 Å². The Labute approximate surface area is 202 Å². The Morgan fingerprint density at radius 3 is 2.23 bits per heavy atom. The monoisotopic (exact) mass is 511 g/mol. The lowest BCUT2D eigenvalue weighted by Gasteiger charge is -2.45. The number of carbonyl (C=O) groups is 1. The molecular formula is C21H37NO13. The van der Waals surface area contributed by atoms with Crippen LogP contribution in [0.2, 0.25) is 0 Å². The summed E-state index contributed by atoms with van der Waals surface area (Å²) in [4.78, 5) is 13.3. The van der Waals surface area contributed by atoms with Crippen LogP contribution in [-0.2, 0) is 28.5 Å². The van der Waals surface area contributed by atoms with Gasteiger partial charge in [-0.3, -0.25) is 4.79 Å². The van der Waals surface area contributed by atoms with Gasteiger partial charge in [0.2, 0.25) is 5.91 Å². The van der Waals surface area contributed by atoms with Gasteiger partial charge in [-0.2, -0.15) is 0 Å². The summed E-state index contributed by atoms with van der Waals surface area (Å²) in [6.07, 6.45) is -15.0. The van der Waals surface area contributed by atoms with Gasteiger partial charge in [0.15, 0.2) is 18.8 Å². The van der Waals surface area contributed by atoms with Crippen molar-refractivity contribution in [2.45, 2.75) is 100 Å². The summed E-state index contributed by atoms with van der Waals surface area (Å²) in [5, 5.41) is 71.3. The number of unbranched alkanes of at least 4 members (excludes halogenated alkanes) is 1. The average molecular weight is 512 g/mol. The molecule has 0 radical (unpaired) electrons. The van der Waals surface area contributed by atoms with Gasteiger partial charge in [0, 0.05) is 13.5 Å². The third-order valence-corrected chi connectivity index (χ3v) is 6.44. The van der Waals surface area contributed by atoms with Crippen molar-refractivity contribution in [3.05, 3.63) is 0 Å². The van der Waals surface area contributed by atoms with Crippen LogP contribution in [0.4, 0.5) is 0 Å². The van der Waals surface area contributed by atoms with Crippen molar-refractivity contribution in [3.8, 4) is 0 Å². The number of rotatable bonds is 9. The summed E-state index contributed by atoms with van der Waals surface area (Å²) >= 11 is 0. The predicted molar refractivity (Wildman–Crippen MR) is 113 cm³/mol. The molecule has 0 saturated carbocycles. The topological polar surface area (TPSA) is 208 Å². The molecule has 0 aliphatic carbocycles. The molecule has 0 aromatic heterocycles. The summed E-state index contributed by atoms with van der Waals surface area (Å²) in [5.74, 6) is -0.320. The molecule has 0 bridgehead atoms. The number of hydrogen-bond acceptors (Lipinski definition) is 13. The minimum Gasteiger partial charge on any atom is -0.394 e. The highest BCUT2D eigenvalue weighted by atomic mass is 16.7. The van der Waals surface area contributed by atoms with Crippen LogP contribution in [0, 0.1) is 0 Å². The average Bonchev–Trinajstić information content (AvgIpc) is 3.10. The van der Waals surface area contributed by atoms with Crippen LogP contribution in [0.15, 0.2) is 0 Å². The van der Waals surface area contributed by atoms with E-state index in [9.17, 15) is 40.5 Å². The summed E-state index contributed by atoms with van der Waals surface area (Å²) in [7, 11) is 0. The van der Waals surface area contributed by atoms with Crippen molar-refractivity contribution < 1.29 is 64.2 Å². The smallest absolute Gasteiger partial charge is 0.221 e. The van der Waals surface area contributed by atoms with Gasteiger partial charge in [0.05, 0.1) is 19.8 Å². The number of aliphatic hydroxyl groups is 7. The van der Waals surface area contributed by atoms with Gasteiger partial charge in [-0.1, -0.05) is 13.3 Å². The lowest BCUT2D eigenvalue weighted by molar-refractivity contribution is -0.334. The number of hydrogen-bond donors (Lipinski definition) is 7. The second-order valence-electron chi connectivity index (χ2n) is 9.01. The highest BCUT2D eigenvalue weighted by Crippen LogP contribution is 2.29. The van der Waals surface area contributed by atoms with Crippen LogP contribution in [0.1, 0.15) is 26.7 Å². The Bertz CT molecular complexity index is 686. The quantitative estimate of drug-likeness (QED) is 0.158. The Kier molecular flexibility index (Phi) is 10.2. The molecule has 0 aromatic rings. The van der Waals surface area contributed by atoms with Crippen LogP contribution >= 0.6 is 0 Å². The summed E-state index contributed by atoms with van der Waals surface area (Å²) in [6.45, 7) is 2.48. The fraction of sp³-hybridized carbons (Fsp3) is 0.952. The zero-order chi connectivity index (χ0) is 25.9. The van der Waals surface area contributed by atoms with E-state index in [1.807, 2.05) is 6.92 Å². The Morgan fingerprint density at radius 1 is 0.914 bits per heavy atom. The van der Waals surface area contributed by atoms with E-state index in [1.54, 1.807) is 0 Å². The minimum atomic E-state index is -1.62. The molecule has 0 aromatic carbocycles. The summed E-state index contributed by atoms with van der Waals surface area (Å²) in [5.41, 5.74) is 0. The normalized spacial score (nSPS) is 44.4. The molecule has 35 heavy (non-hydrogen) atoms. The molecule has 12 atom stereocenters. The van der Waals surface area contributed by atoms with Crippen molar-refractivity contribution in [1.29, 1.82) is 0 Å². The largest absolute Gasteiger partial charge is 0.394 e. The van der Waals surface area contributed by atoms with Gasteiger partial charge in [-0.25, -0.2) is 0 Å². The van der Waals surface area contributed by atoms with Crippen molar-refractivity contribution in [3.63, 3.8) is 0 Å². The van der Waals surface area contributed by atoms with Gasteiger partial charge >= 0.3 is 0 Å². The number of carbonyl (C=O) groups excluding carboxylic acids is 1. The Balaban J connectivity index is 1.61. The van der Waals surface area contributed by atoms with E-state index in [1.165, 1.54) is 11.8 Å². The maximum atomic E-state index is 12.0. The van der Waals surface area contributed by atoms with Gasteiger partial charge in [0.25, 0.3) is 0 Å². The molecule has 3 fully saturated rings. The molecule has 9 unspecified atom stereocenters. The zero-order valence-electron chi connectivity index (χ0n) is 19.7. The molecule has 1 amide bonds. The lowest BCUT2D eigenvalue weighted by Crippen LogP contribution is -2.63. The van der Waals surface area contributed by atoms with E-state index in [4.69, 9.17) is 23.7 Å². The first-order chi connectivity index (χ1) is 16.6. The van der Waals surface area contributed by atoms with E-state index < -0.39 is 80.4 Å². The Hall–Kier alpha value is -1.01. The first-order valence-corrected chi connectivity index (χ1v) is 11.8. The molecule has 3 aliphatic heterocycles. The van der Waals surface area contributed by atoms with Crippen LogP contribution < -0.4 is 0 Å². The fourth-order valence-electron chi connectivity index (χ4n) is 4.33. The van der Waals surface area contributed by atoms with E-state index in [-0.39, 0.29) is 19.1 Å². The fourth-order valence-corrected chi connectivity index (χ4v) is 4.33. The van der Waals surface area contributed by atoms with Crippen LogP contribution in [-0.4, -0.2) is 147 Å². The van der Waals surface area contributed by atoms with Crippen LogP contribution in [0.5, 0.6) is 0 Å². The molecule has 3 aliphatic rings. The van der Waals surface area contributed by atoms with Gasteiger partial charge in [0.1, 0.15) is 54.9 Å². The lowest BCUT2D eigenvalue weighted by atomic mass is 10.0. The summed E-state index contributed by atoms with van der Waals surface area (Å²) in [6, 6.07) is 0. The highest BCUT2D eigenvalue weighted by molar-refractivity contribution is 5.73. The van der Waals surface area contributed by atoms with Gasteiger partial charge in [-0.05, 0) is 6.42 Å². The van der Waals surface area contributed by atoms with Crippen molar-refractivity contribution in [2.24, 2.45) is 0 Å². The molecule has 3 rings (SSSR count). The van der Waals surface area contributed by atoms with Crippen molar-refractivity contribution in [1.82, 2.24) is 4.90 Å². The van der Waals surface area contributed by atoms with E-state index in [2.05, 4.69) is 0 Å². The minimum absolute atomic E-state index is 0.228. The molecular weight excluding hydrogens is 474 g/mol. The molecule has 7 N–H and O–H groups in total. The van der Waals surface area contributed by atoms with Gasteiger partial charge in [-0.15, -0.1) is 0 Å². The molecule has 14 nitrogen and oxygen atoms in total. The second kappa shape index (κ2) is 12.5. The van der Waals surface area contributed by atoms with Gasteiger partial charge < -0.3 is 64.3 Å². The molecule has 0 spiro atoms. The predicted octanol–water partition coefficient (Wildman–Crippen LogP) is -4.00. The Morgan fingerprint density at radius 2 is 1.63 bits per heavy atom. The van der Waals surface area contributed by atoms with E-state index in [0.717, 1.165) is 6.42 Å². The van der Waals surface area contributed by atoms with Crippen molar-refractivity contribution in [2.75, 3.05) is 26.4 Å². The van der Waals surface area contributed by atoms with Crippen molar-refractivity contribution >= 4 is 5.91 Å². The zero-order valence-corrected chi connectivity index (χ0v) is 19.7. The number of aliphatic hydroxyl groups excluding tert-OH is 7. The standard InChI is InChI=1S/C21H37NO13/c1-3-4-5-22(9(2)24)19-15(28)14(27)12(8-31-19)34-20-17(30)18(10(25)7-32-20)35-21-16(29)13(26)11(6-23)33-21/h10-21,23,25-30H,3-8H2,1-2H3/t10?,11-,12?,13+,14?,15?,16?,17?,18?,19?,20?,21-/m0/s1. The molecule has 3 heterocycles. The molecule has 3 saturated heterocycles. The van der Waals surface area contributed by atoms with Crippen LogP contribution in [0.3, 0.4) is 0 Å². The first kappa shape index (κ1) is 28.6. The molecule has 14 heteroatoms. The van der Waals surface area contributed by atoms with Crippen LogP contribution in [0.25, 0.3) is 0 Å². The maximum absolute atomic E-state index is 12.0. The molecule has 204 valence electrons. The number of amides is 1. The maximum Gasteiger partial charge on any atom is 0.221 e. The van der Waals surface area contributed by atoms with E-state index >= 15 is 0 Å².